The summed E-state index contributed by atoms with van der Waals surface area (Å²) in [5.74, 6) is -0.799. The Morgan fingerprint density at radius 3 is 2.38 bits per heavy atom. The summed E-state index contributed by atoms with van der Waals surface area (Å²) < 4.78 is 0. The molecule has 0 aliphatic rings. The molecule has 0 spiro atoms. The third kappa shape index (κ3) is 4.41. The number of nitrogens with one attached hydrogen (secondary N) is 2. The molecular formula is C16H22N2O3. The molecule has 2 amide bonds. The number of benzene rings is 1. The van der Waals surface area contributed by atoms with Crippen molar-refractivity contribution < 1.29 is 14.4 Å². The number of hydrogen-bond donors (Lipinski definition) is 2. The summed E-state index contributed by atoms with van der Waals surface area (Å²) in [5, 5.41) is 5.40. The van der Waals surface area contributed by atoms with Gasteiger partial charge in [-0.15, -0.1) is 0 Å². The molecule has 0 saturated heterocycles. The van der Waals surface area contributed by atoms with Gasteiger partial charge in [0.1, 0.15) is 5.41 Å². The smallest absolute Gasteiger partial charge is 0.239 e. The highest BCUT2D eigenvalue weighted by Crippen LogP contribution is 2.20. The van der Waals surface area contributed by atoms with Crippen LogP contribution in [0.1, 0.15) is 44.5 Å². The van der Waals surface area contributed by atoms with Crippen LogP contribution >= 0.6 is 0 Å². The molecule has 5 heteroatoms. The zero-order valence-electron chi connectivity index (χ0n) is 12.9. The summed E-state index contributed by atoms with van der Waals surface area (Å²) in [6, 6.07) is 6.65. The lowest BCUT2D eigenvalue weighted by molar-refractivity contribution is -0.138. The van der Waals surface area contributed by atoms with Crippen LogP contribution in [0.4, 0.5) is 5.69 Å². The molecule has 0 bridgehead atoms. The standard InChI is InChI=1S/C16H22N2O3/c1-5-9-17-14(20)16(3,4)15(21)18-13-8-6-7-12(10-13)11(2)19/h6-8,10H,5,9H2,1-4H3,(H,17,20)(H,18,21). The normalized spacial score (nSPS) is 10.9. The number of carbonyl (C=O) groups excluding carboxylic acids is 3. The number of carbonyl (C=O) groups is 3. The molecule has 0 saturated carbocycles. The van der Waals surface area contributed by atoms with E-state index in [-0.39, 0.29) is 11.7 Å². The molecule has 2 N–H and O–H groups in total. The Morgan fingerprint density at radius 2 is 1.81 bits per heavy atom. The number of amides is 2. The van der Waals surface area contributed by atoms with Crippen molar-refractivity contribution in [3.05, 3.63) is 29.8 Å². The second-order valence-electron chi connectivity index (χ2n) is 5.47. The van der Waals surface area contributed by atoms with Crippen LogP contribution < -0.4 is 10.6 Å². The SMILES string of the molecule is CCCNC(=O)C(C)(C)C(=O)Nc1cccc(C(C)=O)c1. The molecule has 1 aromatic carbocycles. The van der Waals surface area contributed by atoms with Crippen molar-refractivity contribution in [3.63, 3.8) is 0 Å². The lowest BCUT2D eigenvalue weighted by Gasteiger charge is -2.22. The van der Waals surface area contributed by atoms with Crippen LogP contribution in [0.25, 0.3) is 0 Å². The summed E-state index contributed by atoms with van der Waals surface area (Å²) in [5.41, 5.74) is -0.161. The van der Waals surface area contributed by atoms with Crippen molar-refractivity contribution in [3.8, 4) is 0 Å². The average Bonchev–Trinajstić information content (AvgIpc) is 2.44. The Balaban J connectivity index is 2.82. The van der Waals surface area contributed by atoms with Gasteiger partial charge in [-0.3, -0.25) is 14.4 Å². The average molecular weight is 290 g/mol. The van der Waals surface area contributed by atoms with Gasteiger partial charge in [0.15, 0.2) is 5.78 Å². The number of rotatable bonds is 6. The van der Waals surface area contributed by atoms with E-state index < -0.39 is 11.3 Å². The fraction of sp³-hybridized carbons (Fsp3) is 0.438. The number of Topliss-reactive ketones (excluding diaryl/α,β-unsaturated/α-hetero) is 1. The zero-order valence-corrected chi connectivity index (χ0v) is 12.9. The first-order chi connectivity index (χ1) is 9.78. The fourth-order valence-electron chi connectivity index (χ4n) is 1.67. The van der Waals surface area contributed by atoms with Gasteiger partial charge in [0.05, 0.1) is 0 Å². The van der Waals surface area contributed by atoms with Crippen LogP contribution in [0.3, 0.4) is 0 Å². The first kappa shape index (κ1) is 16.9. The Labute approximate surface area is 125 Å². The van der Waals surface area contributed by atoms with Crippen molar-refractivity contribution in [1.29, 1.82) is 0 Å². The summed E-state index contributed by atoms with van der Waals surface area (Å²) in [6.07, 6.45) is 0.810. The van der Waals surface area contributed by atoms with E-state index >= 15 is 0 Å². The van der Waals surface area contributed by atoms with E-state index in [0.717, 1.165) is 6.42 Å². The van der Waals surface area contributed by atoms with Gasteiger partial charge in [0.25, 0.3) is 0 Å². The lowest BCUT2D eigenvalue weighted by Crippen LogP contribution is -2.45. The van der Waals surface area contributed by atoms with Gasteiger partial charge in [0.2, 0.25) is 11.8 Å². The minimum Gasteiger partial charge on any atom is -0.355 e. The number of ketones is 1. The van der Waals surface area contributed by atoms with Gasteiger partial charge >= 0.3 is 0 Å². The maximum atomic E-state index is 12.3. The second kappa shape index (κ2) is 7.02. The van der Waals surface area contributed by atoms with E-state index in [1.807, 2.05) is 6.92 Å². The monoisotopic (exact) mass is 290 g/mol. The van der Waals surface area contributed by atoms with Crippen molar-refractivity contribution in [2.24, 2.45) is 5.41 Å². The summed E-state index contributed by atoms with van der Waals surface area (Å²) in [6.45, 7) is 7.09. The second-order valence-corrected chi connectivity index (χ2v) is 5.47. The third-order valence-corrected chi connectivity index (χ3v) is 3.20. The first-order valence-electron chi connectivity index (χ1n) is 6.99. The number of hydrogen-bond acceptors (Lipinski definition) is 3. The minimum absolute atomic E-state index is 0.0777. The van der Waals surface area contributed by atoms with Crippen molar-refractivity contribution in [2.75, 3.05) is 11.9 Å². The minimum atomic E-state index is -1.18. The van der Waals surface area contributed by atoms with Gasteiger partial charge in [-0.1, -0.05) is 19.1 Å². The van der Waals surface area contributed by atoms with Crippen LogP contribution in [-0.2, 0) is 9.59 Å². The molecule has 0 aliphatic carbocycles. The Kier molecular flexibility index (Phi) is 5.64. The summed E-state index contributed by atoms with van der Waals surface area (Å²) >= 11 is 0. The molecule has 1 aromatic rings. The summed E-state index contributed by atoms with van der Waals surface area (Å²) in [7, 11) is 0. The third-order valence-electron chi connectivity index (χ3n) is 3.20. The molecule has 1 rings (SSSR count). The molecule has 0 unspecified atom stereocenters. The van der Waals surface area contributed by atoms with Crippen LogP contribution in [0.5, 0.6) is 0 Å². The number of anilines is 1. The topological polar surface area (TPSA) is 75.3 Å². The highest BCUT2D eigenvalue weighted by molar-refractivity contribution is 6.10. The van der Waals surface area contributed by atoms with E-state index in [2.05, 4.69) is 10.6 Å². The maximum absolute atomic E-state index is 12.3. The van der Waals surface area contributed by atoms with Crippen molar-refractivity contribution in [1.82, 2.24) is 5.32 Å². The predicted octanol–water partition coefficient (Wildman–Crippen LogP) is 2.38. The van der Waals surface area contributed by atoms with E-state index in [4.69, 9.17) is 0 Å². The Bertz CT molecular complexity index is 550. The predicted molar refractivity (Wildman–Crippen MR) is 82.2 cm³/mol. The van der Waals surface area contributed by atoms with Gasteiger partial charge in [-0.2, -0.15) is 0 Å². The van der Waals surface area contributed by atoms with Gasteiger partial charge in [-0.25, -0.2) is 0 Å². The maximum Gasteiger partial charge on any atom is 0.239 e. The molecule has 0 aromatic heterocycles. The lowest BCUT2D eigenvalue weighted by atomic mass is 9.91. The van der Waals surface area contributed by atoms with Crippen LogP contribution in [0.15, 0.2) is 24.3 Å². The van der Waals surface area contributed by atoms with E-state index in [0.29, 0.717) is 17.8 Å². The molecule has 114 valence electrons. The molecule has 0 fully saturated rings. The largest absolute Gasteiger partial charge is 0.355 e. The molecule has 0 atom stereocenters. The first-order valence-corrected chi connectivity index (χ1v) is 6.99. The van der Waals surface area contributed by atoms with Gasteiger partial charge < -0.3 is 10.6 Å². The van der Waals surface area contributed by atoms with E-state index in [1.165, 1.54) is 6.92 Å². The molecule has 5 nitrogen and oxygen atoms in total. The van der Waals surface area contributed by atoms with Crippen LogP contribution in [0.2, 0.25) is 0 Å². The molecule has 21 heavy (non-hydrogen) atoms. The van der Waals surface area contributed by atoms with E-state index in [1.54, 1.807) is 38.1 Å². The highest BCUT2D eigenvalue weighted by Gasteiger charge is 2.35. The Hall–Kier alpha value is -2.17. The van der Waals surface area contributed by atoms with Crippen molar-refractivity contribution >= 4 is 23.3 Å². The van der Waals surface area contributed by atoms with Crippen LogP contribution in [0, 0.1) is 5.41 Å². The van der Waals surface area contributed by atoms with Crippen LogP contribution in [-0.4, -0.2) is 24.1 Å². The van der Waals surface area contributed by atoms with Gasteiger partial charge in [-0.05, 0) is 39.3 Å². The summed E-state index contributed by atoms with van der Waals surface area (Å²) in [4.78, 5) is 35.6. The molecule has 0 heterocycles. The fourth-order valence-corrected chi connectivity index (χ4v) is 1.67. The van der Waals surface area contributed by atoms with Gasteiger partial charge in [0, 0.05) is 17.8 Å². The van der Waals surface area contributed by atoms with E-state index in [9.17, 15) is 14.4 Å². The molecule has 0 aliphatic heterocycles. The zero-order chi connectivity index (χ0) is 16.0. The molecule has 0 radical (unpaired) electrons. The molecular weight excluding hydrogens is 268 g/mol. The highest BCUT2D eigenvalue weighted by atomic mass is 16.2. The quantitative estimate of drug-likeness (QED) is 0.624. The Morgan fingerprint density at radius 1 is 1.14 bits per heavy atom. The van der Waals surface area contributed by atoms with Crippen molar-refractivity contribution in [2.45, 2.75) is 34.1 Å².